The zero-order valence-corrected chi connectivity index (χ0v) is 11.2. The maximum absolute atomic E-state index is 12.4. The Morgan fingerprint density at radius 3 is 2.63 bits per heavy atom. The van der Waals surface area contributed by atoms with Gasteiger partial charge >= 0.3 is 6.18 Å². The molecule has 2 heterocycles. The second-order valence-electron chi connectivity index (χ2n) is 3.85. The average molecular weight is 309 g/mol. The molecule has 0 saturated heterocycles. The number of rotatable bonds is 3. The van der Waals surface area contributed by atoms with Crippen molar-refractivity contribution in [2.45, 2.75) is 19.1 Å². The number of hydrogen-bond donors (Lipinski definition) is 0. The van der Waals surface area contributed by atoms with Gasteiger partial charge in [0.1, 0.15) is 6.04 Å². The third kappa shape index (κ3) is 2.98. The highest BCUT2D eigenvalue weighted by molar-refractivity contribution is 7.18. The minimum atomic E-state index is -4.47. The van der Waals surface area contributed by atoms with Crippen molar-refractivity contribution in [1.82, 2.24) is 9.78 Å². The number of carbonyl (C=O) groups excluding carboxylic acids is 1. The van der Waals surface area contributed by atoms with E-state index in [1.807, 2.05) is 0 Å². The molecule has 19 heavy (non-hydrogen) atoms. The van der Waals surface area contributed by atoms with Gasteiger partial charge in [-0.15, -0.1) is 11.3 Å². The number of Topliss-reactive ketones (excluding diaryl/α,β-unsaturated/α-hetero) is 1. The molecule has 3 nitrogen and oxygen atoms in total. The number of ketones is 1. The van der Waals surface area contributed by atoms with Gasteiger partial charge < -0.3 is 0 Å². The summed E-state index contributed by atoms with van der Waals surface area (Å²) >= 11 is 6.80. The number of nitrogens with zero attached hydrogens (tertiary/aromatic N) is 2. The standard InChI is InChI=1S/C11H8ClF3N2OS/c1-6(10(18)8-2-3-9(12)19-8)17-5-7(4-16-17)11(13,14)15/h2-6H,1H3. The van der Waals surface area contributed by atoms with E-state index < -0.39 is 17.8 Å². The Labute approximate surface area is 115 Å². The fraction of sp³-hybridized carbons (Fsp3) is 0.273. The largest absolute Gasteiger partial charge is 0.419 e. The molecule has 0 radical (unpaired) electrons. The quantitative estimate of drug-likeness (QED) is 0.801. The van der Waals surface area contributed by atoms with Crippen LogP contribution < -0.4 is 0 Å². The maximum atomic E-state index is 12.4. The van der Waals surface area contributed by atoms with Crippen molar-refractivity contribution in [3.05, 3.63) is 39.3 Å². The lowest BCUT2D eigenvalue weighted by molar-refractivity contribution is -0.137. The van der Waals surface area contributed by atoms with Gasteiger partial charge in [-0.2, -0.15) is 18.3 Å². The Hall–Kier alpha value is -1.34. The molecule has 0 aliphatic heterocycles. The monoisotopic (exact) mass is 308 g/mol. The molecule has 1 unspecified atom stereocenters. The van der Waals surface area contributed by atoms with E-state index in [2.05, 4.69) is 5.10 Å². The zero-order valence-electron chi connectivity index (χ0n) is 9.61. The molecule has 0 bridgehead atoms. The summed E-state index contributed by atoms with van der Waals surface area (Å²) in [7, 11) is 0. The first-order chi connectivity index (χ1) is 8.79. The molecule has 2 aromatic rings. The molecule has 0 fully saturated rings. The molecule has 8 heteroatoms. The van der Waals surface area contributed by atoms with Crippen LogP contribution in [-0.2, 0) is 6.18 Å². The third-order valence-corrected chi connectivity index (χ3v) is 3.77. The highest BCUT2D eigenvalue weighted by atomic mass is 35.5. The highest BCUT2D eigenvalue weighted by Crippen LogP contribution is 2.30. The van der Waals surface area contributed by atoms with Crippen LogP contribution in [0.25, 0.3) is 0 Å². The lowest BCUT2D eigenvalue weighted by atomic mass is 10.2. The van der Waals surface area contributed by atoms with E-state index in [0.717, 1.165) is 22.2 Å². The second kappa shape index (κ2) is 4.97. The lowest BCUT2D eigenvalue weighted by Crippen LogP contribution is -2.16. The van der Waals surface area contributed by atoms with Gasteiger partial charge in [0.2, 0.25) is 0 Å². The molecule has 0 aromatic carbocycles. The van der Waals surface area contributed by atoms with Crippen LogP contribution in [0.2, 0.25) is 4.34 Å². The van der Waals surface area contributed by atoms with Crippen LogP contribution >= 0.6 is 22.9 Å². The molecule has 0 N–H and O–H groups in total. The van der Waals surface area contributed by atoms with Gasteiger partial charge in [0.05, 0.1) is 21.0 Å². The van der Waals surface area contributed by atoms with Crippen molar-refractivity contribution >= 4 is 28.7 Å². The normalized spacial score (nSPS) is 13.5. The van der Waals surface area contributed by atoms with Crippen LogP contribution in [0.4, 0.5) is 13.2 Å². The number of carbonyl (C=O) groups is 1. The molecule has 0 spiro atoms. The molecular formula is C11H8ClF3N2OS. The van der Waals surface area contributed by atoms with E-state index in [1.165, 1.54) is 6.92 Å². The van der Waals surface area contributed by atoms with Crippen LogP contribution in [0.3, 0.4) is 0 Å². The first kappa shape index (κ1) is 14.1. The Balaban J connectivity index is 2.22. The lowest BCUT2D eigenvalue weighted by Gasteiger charge is -2.09. The summed E-state index contributed by atoms with van der Waals surface area (Å²) in [4.78, 5) is 12.4. The van der Waals surface area contributed by atoms with Crippen LogP contribution in [0.15, 0.2) is 24.5 Å². The Morgan fingerprint density at radius 1 is 1.47 bits per heavy atom. The molecule has 0 aliphatic rings. The second-order valence-corrected chi connectivity index (χ2v) is 5.57. The minimum absolute atomic E-state index is 0.325. The van der Waals surface area contributed by atoms with Crippen LogP contribution in [0, 0.1) is 0 Å². The predicted octanol–water partition coefficient (Wildman–Crippen LogP) is 4.06. The van der Waals surface area contributed by atoms with Gasteiger partial charge in [0.15, 0.2) is 5.78 Å². The third-order valence-electron chi connectivity index (χ3n) is 2.52. The molecule has 0 saturated carbocycles. The van der Waals surface area contributed by atoms with E-state index in [4.69, 9.17) is 11.6 Å². The fourth-order valence-corrected chi connectivity index (χ4v) is 2.53. The summed E-state index contributed by atoms with van der Waals surface area (Å²) in [5, 5.41) is 3.58. The predicted molar refractivity (Wildman–Crippen MR) is 65.6 cm³/mol. The van der Waals surface area contributed by atoms with E-state index in [9.17, 15) is 18.0 Å². The summed E-state index contributed by atoms with van der Waals surface area (Å²) in [6, 6.07) is 2.29. The summed E-state index contributed by atoms with van der Waals surface area (Å²) in [5.41, 5.74) is -0.878. The number of aromatic nitrogens is 2. The van der Waals surface area contributed by atoms with Crippen LogP contribution in [0.5, 0.6) is 0 Å². The molecule has 0 aliphatic carbocycles. The van der Waals surface area contributed by atoms with Crippen LogP contribution in [-0.4, -0.2) is 15.6 Å². The highest BCUT2D eigenvalue weighted by Gasteiger charge is 2.33. The van der Waals surface area contributed by atoms with Crippen molar-refractivity contribution in [2.75, 3.05) is 0 Å². The van der Waals surface area contributed by atoms with Crippen molar-refractivity contribution in [2.24, 2.45) is 0 Å². The van der Waals surface area contributed by atoms with Crippen LogP contribution in [0.1, 0.15) is 28.2 Å². The average Bonchev–Trinajstić information content (AvgIpc) is 2.94. The number of alkyl halides is 3. The van der Waals surface area contributed by atoms with Gasteiger partial charge in [-0.3, -0.25) is 9.48 Å². The Morgan fingerprint density at radius 2 is 2.16 bits per heavy atom. The van der Waals surface area contributed by atoms with E-state index in [1.54, 1.807) is 12.1 Å². The molecule has 102 valence electrons. The van der Waals surface area contributed by atoms with Crippen molar-refractivity contribution in [1.29, 1.82) is 0 Å². The summed E-state index contributed by atoms with van der Waals surface area (Å²) in [6.07, 6.45) is -2.95. The van der Waals surface area contributed by atoms with Crippen molar-refractivity contribution in [3.63, 3.8) is 0 Å². The van der Waals surface area contributed by atoms with Gasteiger partial charge in [-0.1, -0.05) is 11.6 Å². The van der Waals surface area contributed by atoms with E-state index >= 15 is 0 Å². The summed E-state index contributed by atoms with van der Waals surface area (Å²) in [6.45, 7) is 1.49. The fourth-order valence-electron chi connectivity index (χ4n) is 1.47. The van der Waals surface area contributed by atoms with Crippen molar-refractivity contribution < 1.29 is 18.0 Å². The molecule has 2 rings (SSSR count). The first-order valence-corrected chi connectivity index (χ1v) is 6.39. The van der Waals surface area contributed by atoms with Gasteiger partial charge in [0.25, 0.3) is 0 Å². The SMILES string of the molecule is CC(C(=O)c1ccc(Cl)s1)n1cc(C(F)(F)F)cn1. The van der Waals surface area contributed by atoms with Crippen molar-refractivity contribution in [3.8, 4) is 0 Å². The number of halogens is 4. The van der Waals surface area contributed by atoms with E-state index in [-0.39, 0.29) is 5.78 Å². The first-order valence-electron chi connectivity index (χ1n) is 5.20. The molecule has 1 atom stereocenters. The number of thiophene rings is 1. The molecule has 2 aromatic heterocycles. The van der Waals surface area contributed by atoms with Gasteiger partial charge in [-0.25, -0.2) is 0 Å². The number of hydrogen-bond acceptors (Lipinski definition) is 3. The van der Waals surface area contributed by atoms with Gasteiger partial charge in [0, 0.05) is 6.20 Å². The zero-order chi connectivity index (χ0) is 14.2. The maximum Gasteiger partial charge on any atom is 0.419 e. The summed E-state index contributed by atoms with van der Waals surface area (Å²) < 4.78 is 38.8. The summed E-state index contributed by atoms with van der Waals surface area (Å²) in [5.74, 6) is -0.325. The van der Waals surface area contributed by atoms with E-state index in [0.29, 0.717) is 15.4 Å². The smallest absolute Gasteiger partial charge is 0.291 e. The Bertz CT molecular complexity index is 605. The molecule has 0 amide bonds. The molecular weight excluding hydrogens is 301 g/mol. The Kier molecular flexibility index (Phi) is 3.69. The minimum Gasteiger partial charge on any atom is -0.291 e. The topological polar surface area (TPSA) is 34.9 Å². The van der Waals surface area contributed by atoms with Gasteiger partial charge in [-0.05, 0) is 19.1 Å².